The fraction of sp³-hybridized carbons (Fsp3) is 0.455. The zero-order valence-corrected chi connectivity index (χ0v) is 10.7. The average molecular weight is 301 g/mol. The van der Waals surface area contributed by atoms with Crippen LogP contribution in [-0.2, 0) is 0 Å². The molecule has 2 rings (SSSR count). The van der Waals surface area contributed by atoms with Gasteiger partial charge in [-0.1, -0.05) is 0 Å². The molecule has 0 amide bonds. The number of carboxylic acid groups (broad SMARTS) is 1. The minimum atomic E-state index is -0.994. The van der Waals surface area contributed by atoms with Crippen LogP contribution >= 0.6 is 15.9 Å². The van der Waals surface area contributed by atoms with E-state index in [1.807, 2.05) is 0 Å². The van der Waals surface area contributed by atoms with E-state index in [0.717, 1.165) is 25.9 Å². The van der Waals surface area contributed by atoms with Crippen LogP contribution in [0.4, 0.5) is 0 Å². The fourth-order valence-electron chi connectivity index (χ4n) is 1.70. The van der Waals surface area contributed by atoms with E-state index in [1.165, 1.54) is 12.3 Å². The van der Waals surface area contributed by atoms with Gasteiger partial charge in [0.25, 0.3) is 0 Å². The zero-order valence-electron chi connectivity index (χ0n) is 9.15. The average Bonchev–Trinajstić information content (AvgIpc) is 2.33. The van der Waals surface area contributed by atoms with Crippen molar-refractivity contribution in [2.24, 2.45) is 0 Å². The minimum Gasteiger partial charge on any atom is -0.478 e. The number of pyridine rings is 1. The predicted octanol–water partition coefficient (Wildman–Crippen LogP) is 1.67. The van der Waals surface area contributed by atoms with Crippen molar-refractivity contribution in [1.29, 1.82) is 0 Å². The largest absolute Gasteiger partial charge is 0.478 e. The number of hydrogen-bond donors (Lipinski definition) is 2. The van der Waals surface area contributed by atoms with E-state index in [9.17, 15) is 4.79 Å². The third kappa shape index (κ3) is 3.17. The van der Waals surface area contributed by atoms with Crippen LogP contribution < -0.4 is 10.1 Å². The van der Waals surface area contributed by atoms with E-state index in [1.54, 1.807) is 0 Å². The van der Waals surface area contributed by atoms with Gasteiger partial charge < -0.3 is 15.2 Å². The maximum absolute atomic E-state index is 10.7. The highest BCUT2D eigenvalue weighted by Crippen LogP contribution is 2.25. The fourth-order valence-corrected chi connectivity index (χ4v) is 2.14. The van der Waals surface area contributed by atoms with Crippen molar-refractivity contribution in [3.63, 3.8) is 0 Å². The Morgan fingerprint density at radius 2 is 2.24 bits per heavy atom. The van der Waals surface area contributed by atoms with E-state index in [-0.39, 0.29) is 11.7 Å². The molecule has 0 bridgehead atoms. The topological polar surface area (TPSA) is 71.5 Å². The number of rotatable bonds is 3. The number of halogens is 1. The summed E-state index contributed by atoms with van der Waals surface area (Å²) in [4.78, 5) is 14.8. The molecule has 0 unspecified atom stereocenters. The van der Waals surface area contributed by atoms with E-state index >= 15 is 0 Å². The smallest absolute Gasteiger partial charge is 0.337 e. The lowest BCUT2D eigenvalue weighted by Gasteiger charge is -2.23. The highest BCUT2D eigenvalue weighted by molar-refractivity contribution is 9.10. The molecule has 1 aromatic rings. The summed E-state index contributed by atoms with van der Waals surface area (Å²) in [6, 6.07) is 1.51. The molecule has 0 aliphatic carbocycles. The number of carbonyl (C=O) groups is 1. The number of nitrogens with one attached hydrogen (secondary N) is 1. The molecule has 1 aromatic heterocycles. The van der Waals surface area contributed by atoms with Gasteiger partial charge in [0, 0.05) is 6.20 Å². The number of nitrogens with zero attached hydrogens (tertiary/aromatic N) is 1. The van der Waals surface area contributed by atoms with Gasteiger partial charge >= 0.3 is 5.97 Å². The number of aromatic carboxylic acids is 1. The molecule has 1 aliphatic rings. The van der Waals surface area contributed by atoms with Crippen molar-refractivity contribution in [1.82, 2.24) is 10.3 Å². The van der Waals surface area contributed by atoms with Gasteiger partial charge in [-0.25, -0.2) is 9.78 Å². The summed E-state index contributed by atoms with van der Waals surface area (Å²) in [7, 11) is 0. The summed E-state index contributed by atoms with van der Waals surface area (Å²) in [5, 5.41) is 12.1. The van der Waals surface area contributed by atoms with E-state index in [4.69, 9.17) is 9.84 Å². The van der Waals surface area contributed by atoms with Gasteiger partial charge in [0.2, 0.25) is 5.88 Å². The van der Waals surface area contributed by atoms with E-state index in [2.05, 4.69) is 26.2 Å². The summed E-state index contributed by atoms with van der Waals surface area (Å²) in [5.41, 5.74) is 0.148. The second-order valence-corrected chi connectivity index (χ2v) is 4.74. The third-order valence-corrected chi connectivity index (χ3v) is 3.19. The summed E-state index contributed by atoms with van der Waals surface area (Å²) in [5.74, 6) is -0.534. The van der Waals surface area contributed by atoms with Gasteiger partial charge in [0.15, 0.2) is 0 Å². The number of carboxylic acids is 1. The van der Waals surface area contributed by atoms with Crippen molar-refractivity contribution >= 4 is 21.9 Å². The maximum atomic E-state index is 10.7. The third-order valence-electron chi connectivity index (χ3n) is 2.62. The Balaban J connectivity index is 2.08. The first-order valence-electron chi connectivity index (χ1n) is 5.43. The molecule has 0 atom stereocenters. The first kappa shape index (κ1) is 12.3. The molecule has 0 aromatic carbocycles. The van der Waals surface area contributed by atoms with Gasteiger partial charge in [0.05, 0.1) is 10.0 Å². The van der Waals surface area contributed by atoms with Gasteiger partial charge in [-0.2, -0.15) is 0 Å². The SMILES string of the molecule is O=C(O)c1cnc(OC2CCNCC2)c(Br)c1. The first-order valence-corrected chi connectivity index (χ1v) is 6.22. The van der Waals surface area contributed by atoms with Gasteiger partial charge in [-0.05, 0) is 47.9 Å². The molecule has 1 aliphatic heterocycles. The highest BCUT2D eigenvalue weighted by atomic mass is 79.9. The molecule has 1 fully saturated rings. The van der Waals surface area contributed by atoms with Crippen molar-refractivity contribution in [2.45, 2.75) is 18.9 Å². The van der Waals surface area contributed by atoms with Crippen LogP contribution in [0.5, 0.6) is 5.88 Å². The van der Waals surface area contributed by atoms with Crippen LogP contribution in [0.2, 0.25) is 0 Å². The Bertz CT molecular complexity index is 419. The van der Waals surface area contributed by atoms with Crippen molar-refractivity contribution in [2.75, 3.05) is 13.1 Å². The summed E-state index contributed by atoms with van der Waals surface area (Å²) in [6.45, 7) is 1.88. The molecular weight excluding hydrogens is 288 g/mol. The Labute approximate surface area is 107 Å². The van der Waals surface area contributed by atoms with Crippen molar-refractivity contribution in [3.05, 3.63) is 22.3 Å². The molecule has 5 nitrogen and oxygen atoms in total. The zero-order chi connectivity index (χ0) is 12.3. The second kappa shape index (κ2) is 5.46. The lowest BCUT2D eigenvalue weighted by Crippen LogP contribution is -2.34. The van der Waals surface area contributed by atoms with Crippen LogP contribution in [0.3, 0.4) is 0 Å². The Morgan fingerprint density at radius 3 is 2.82 bits per heavy atom. The van der Waals surface area contributed by atoms with E-state index in [0.29, 0.717) is 10.4 Å². The summed E-state index contributed by atoms with van der Waals surface area (Å²) >= 11 is 3.28. The second-order valence-electron chi connectivity index (χ2n) is 3.88. The maximum Gasteiger partial charge on any atom is 0.337 e. The van der Waals surface area contributed by atoms with Crippen LogP contribution in [0.1, 0.15) is 23.2 Å². The molecule has 6 heteroatoms. The first-order chi connectivity index (χ1) is 8.16. The lowest BCUT2D eigenvalue weighted by molar-refractivity contribution is 0.0696. The molecule has 2 N–H and O–H groups in total. The highest BCUT2D eigenvalue weighted by Gasteiger charge is 2.17. The van der Waals surface area contributed by atoms with Gasteiger partial charge in [0.1, 0.15) is 6.10 Å². The van der Waals surface area contributed by atoms with Gasteiger partial charge in [-0.15, -0.1) is 0 Å². The Kier molecular flexibility index (Phi) is 3.96. The van der Waals surface area contributed by atoms with Crippen LogP contribution in [0.25, 0.3) is 0 Å². The van der Waals surface area contributed by atoms with Crippen molar-refractivity contribution < 1.29 is 14.6 Å². The molecular formula is C11H13BrN2O3. The van der Waals surface area contributed by atoms with E-state index < -0.39 is 5.97 Å². The summed E-state index contributed by atoms with van der Waals surface area (Å²) in [6.07, 6.45) is 3.34. The van der Waals surface area contributed by atoms with Crippen LogP contribution in [0.15, 0.2) is 16.7 Å². The van der Waals surface area contributed by atoms with Crippen molar-refractivity contribution in [3.8, 4) is 5.88 Å². The van der Waals surface area contributed by atoms with Crippen LogP contribution in [0, 0.1) is 0 Å². The standard InChI is InChI=1S/C11H13BrN2O3/c12-9-5-7(11(15)16)6-14-10(9)17-8-1-3-13-4-2-8/h5-6,8,13H,1-4H2,(H,15,16). The monoisotopic (exact) mass is 300 g/mol. The molecule has 1 saturated heterocycles. The molecule has 92 valence electrons. The molecule has 2 heterocycles. The number of aromatic nitrogens is 1. The minimum absolute atomic E-state index is 0.148. The molecule has 17 heavy (non-hydrogen) atoms. The quantitative estimate of drug-likeness (QED) is 0.888. The van der Waals surface area contributed by atoms with Gasteiger partial charge in [-0.3, -0.25) is 0 Å². The van der Waals surface area contributed by atoms with Crippen LogP contribution in [-0.4, -0.2) is 35.3 Å². The molecule has 0 radical (unpaired) electrons. The molecule has 0 spiro atoms. The number of piperidine rings is 1. The number of hydrogen-bond acceptors (Lipinski definition) is 4. The normalized spacial score (nSPS) is 16.8. The summed E-state index contributed by atoms with van der Waals surface area (Å²) < 4.78 is 6.31. The number of ether oxygens (including phenoxy) is 1. The predicted molar refractivity (Wildman–Crippen MR) is 65.4 cm³/mol. The Hall–Kier alpha value is -1.14. The molecule has 0 saturated carbocycles. The Morgan fingerprint density at radius 1 is 1.53 bits per heavy atom. The lowest BCUT2D eigenvalue weighted by atomic mass is 10.1.